The molecule has 0 saturated heterocycles. The van der Waals surface area contributed by atoms with Crippen LogP contribution in [0.2, 0.25) is 0 Å². The number of nitrogens with zero attached hydrogens (tertiary/aromatic N) is 4. The molecule has 140 valence electrons. The van der Waals surface area contributed by atoms with E-state index in [0.717, 1.165) is 47.1 Å². The molecule has 0 saturated carbocycles. The Balaban J connectivity index is 1.83. The minimum absolute atomic E-state index is 0.662. The molecule has 3 aromatic rings. The molecule has 4 rings (SSSR count). The summed E-state index contributed by atoms with van der Waals surface area (Å²) >= 11 is 0. The minimum Gasteiger partial charge on any atom is -0.372 e. The fourth-order valence-corrected chi connectivity index (χ4v) is 3.43. The molecule has 7 nitrogen and oxygen atoms in total. The van der Waals surface area contributed by atoms with Crippen molar-refractivity contribution in [3.05, 3.63) is 53.5 Å². The fourth-order valence-electron chi connectivity index (χ4n) is 3.43. The molecule has 0 aliphatic heterocycles. The lowest BCUT2D eigenvalue weighted by Crippen LogP contribution is -2.22. The van der Waals surface area contributed by atoms with Gasteiger partial charge in [-0.15, -0.1) is 0 Å². The van der Waals surface area contributed by atoms with Gasteiger partial charge >= 0.3 is 0 Å². The number of hydrogen-bond acceptors (Lipinski definition) is 5. The van der Waals surface area contributed by atoms with Gasteiger partial charge in [0.1, 0.15) is 6.23 Å². The van der Waals surface area contributed by atoms with Gasteiger partial charge in [-0.2, -0.15) is 10.2 Å². The first kappa shape index (κ1) is 17.6. The molecule has 1 aliphatic carbocycles. The number of H-pyrrole nitrogens is 2. The minimum atomic E-state index is -0.770. The van der Waals surface area contributed by atoms with Crippen molar-refractivity contribution >= 4 is 22.3 Å². The fraction of sp³-hybridized carbons (Fsp3) is 0.350. The number of aliphatic hydroxyl groups excluding tert-OH is 1. The van der Waals surface area contributed by atoms with Crippen LogP contribution in [0.15, 0.2) is 47.2 Å². The van der Waals surface area contributed by atoms with Crippen LogP contribution in [0.25, 0.3) is 10.9 Å². The normalized spacial score (nSPS) is 16.7. The summed E-state index contributed by atoms with van der Waals surface area (Å²) in [7, 11) is 3.66. The van der Waals surface area contributed by atoms with Gasteiger partial charge in [0.25, 0.3) is 0 Å². The first-order valence-corrected chi connectivity index (χ1v) is 9.23. The van der Waals surface area contributed by atoms with E-state index in [-0.39, 0.29) is 0 Å². The summed E-state index contributed by atoms with van der Waals surface area (Å²) in [5, 5.41) is 25.8. The Morgan fingerprint density at radius 3 is 2.81 bits per heavy atom. The van der Waals surface area contributed by atoms with Crippen LogP contribution in [0, 0.1) is 0 Å². The highest BCUT2D eigenvalue weighted by atomic mass is 16.3. The zero-order chi connectivity index (χ0) is 18.8. The largest absolute Gasteiger partial charge is 0.372 e. The molecule has 0 fully saturated rings. The standard InChI is InChI=1S/C20H24N6O/c1-26(2)20(27)19-16(12-22-25-19)18(13-6-4-3-5-7-13)23-15-8-9-17-14(10-15)11-21-24-17/h6,8-12,20,27H,3-5,7H2,1-2H3,(H,21,24)(H,22,25). The van der Waals surface area contributed by atoms with E-state index in [1.807, 2.05) is 32.3 Å². The number of aliphatic hydroxyl groups is 1. The van der Waals surface area contributed by atoms with Gasteiger partial charge in [-0.25, -0.2) is 4.99 Å². The molecule has 0 amide bonds. The average molecular weight is 364 g/mol. The highest BCUT2D eigenvalue weighted by Gasteiger charge is 2.23. The highest BCUT2D eigenvalue weighted by molar-refractivity contribution is 6.14. The summed E-state index contributed by atoms with van der Waals surface area (Å²) in [6.07, 6.45) is 9.43. The second-order valence-electron chi connectivity index (χ2n) is 7.11. The number of aromatic amines is 2. The van der Waals surface area contributed by atoms with Gasteiger partial charge in [-0.1, -0.05) is 6.08 Å². The third kappa shape index (κ3) is 3.56. The van der Waals surface area contributed by atoms with Gasteiger partial charge in [-0.3, -0.25) is 15.1 Å². The molecule has 0 bridgehead atoms. The Morgan fingerprint density at radius 1 is 1.19 bits per heavy atom. The Bertz CT molecular complexity index is 997. The summed E-state index contributed by atoms with van der Waals surface area (Å²) in [4.78, 5) is 6.71. The van der Waals surface area contributed by atoms with Crippen LogP contribution in [0.1, 0.15) is 43.2 Å². The summed E-state index contributed by atoms with van der Waals surface area (Å²) in [6.45, 7) is 0. The molecule has 0 radical (unpaired) electrons. The van der Waals surface area contributed by atoms with Crippen LogP contribution in [-0.2, 0) is 0 Å². The van der Waals surface area contributed by atoms with E-state index in [2.05, 4.69) is 26.5 Å². The Hall–Kier alpha value is -2.77. The zero-order valence-electron chi connectivity index (χ0n) is 15.6. The number of aliphatic imine (C=N–C) groups is 1. The van der Waals surface area contributed by atoms with Gasteiger partial charge in [0.2, 0.25) is 0 Å². The maximum Gasteiger partial charge on any atom is 0.150 e. The number of nitrogens with one attached hydrogen (secondary N) is 2. The van der Waals surface area contributed by atoms with Crippen molar-refractivity contribution in [3.63, 3.8) is 0 Å². The van der Waals surface area contributed by atoms with E-state index in [0.29, 0.717) is 5.69 Å². The quantitative estimate of drug-likeness (QED) is 0.477. The summed E-state index contributed by atoms with van der Waals surface area (Å²) in [5.41, 5.74) is 5.44. The van der Waals surface area contributed by atoms with Crippen molar-refractivity contribution < 1.29 is 5.11 Å². The molecule has 1 aromatic carbocycles. The summed E-state index contributed by atoms with van der Waals surface area (Å²) < 4.78 is 0. The van der Waals surface area contributed by atoms with E-state index < -0.39 is 6.23 Å². The molecular formula is C20H24N6O. The smallest absolute Gasteiger partial charge is 0.150 e. The lowest BCUT2D eigenvalue weighted by molar-refractivity contribution is 0.0356. The number of allylic oxidation sites excluding steroid dienone is 2. The van der Waals surface area contributed by atoms with Crippen molar-refractivity contribution in [1.29, 1.82) is 0 Å². The molecule has 1 aliphatic rings. The second kappa shape index (κ2) is 7.46. The molecule has 0 spiro atoms. The molecular weight excluding hydrogens is 340 g/mol. The number of rotatable bonds is 5. The van der Waals surface area contributed by atoms with Gasteiger partial charge < -0.3 is 5.11 Å². The van der Waals surface area contributed by atoms with Crippen molar-refractivity contribution in [2.75, 3.05) is 14.1 Å². The monoisotopic (exact) mass is 364 g/mol. The second-order valence-corrected chi connectivity index (χ2v) is 7.11. The maximum atomic E-state index is 10.6. The van der Waals surface area contributed by atoms with E-state index >= 15 is 0 Å². The van der Waals surface area contributed by atoms with Gasteiger partial charge in [0, 0.05) is 10.9 Å². The van der Waals surface area contributed by atoms with Crippen molar-refractivity contribution in [2.24, 2.45) is 4.99 Å². The number of aromatic nitrogens is 4. The summed E-state index contributed by atoms with van der Waals surface area (Å²) in [5.74, 6) is 0. The van der Waals surface area contributed by atoms with Crippen LogP contribution in [0.3, 0.4) is 0 Å². The van der Waals surface area contributed by atoms with Crippen LogP contribution in [-0.4, -0.2) is 50.2 Å². The van der Waals surface area contributed by atoms with E-state index in [1.54, 1.807) is 17.3 Å². The van der Waals surface area contributed by atoms with Crippen molar-refractivity contribution in [2.45, 2.75) is 31.9 Å². The van der Waals surface area contributed by atoms with Crippen molar-refractivity contribution in [1.82, 2.24) is 25.3 Å². The van der Waals surface area contributed by atoms with Crippen LogP contribution < -0.4 is 0 Å². The van der Waals surface area contributed by atoms with E-state index in [9.17, 15) is 5.11 Å². The Kier molecular flexibility index (Phi) is 4.87. The number of fused-ring (bicyclic) bond motifs is 1. The predicted molar refractivity (Wildman–Crippen MR) is 106 cm³/mol. The highest BCUT2D eigenvalue weighted by Crippen LogP contribution is 2.29. The van der Waals surface area contributed by atoms with Gasteiger partial charge in [0.15, 0.2) is 0 Å². The first-order chi connectivity index (χ1) is 13.1. The van der Waals surface area contributed by atoms with Crippen LogP contribution in [0.4, 0.5) is 5.69 Å². The zero-order valence-corrected chi connectivity index (χ0v) is 15.6. The van der Waals surface area contributed by atoms with Crippen molar-refractivity contribution in [3.8, 4) is 0 Å². The SMILES string of the molecule is CN(C)C(O)c1[nH]ncc1C(=Nc1ccc2[nH]ncc2c1)C1=CCCCC1. The molecule has 27 heavy (non-hydrogen) atoms. The molecule has 2 heterocycles. The molecule has 2 aromatic heterocycles. The average Bonchev–Trinajstić information content (AvgIpc) is 3.35. The topological polar surface area (TPSA) is 93.2 Å². The van der Waals surface area contributed by atoms with E-state index in [1.165, 1.54) is 12.0 Å². The molecule has 1 atom stereocenters. The first-order valence-electron chi connectivity index (χ1n) is 9.23. The third-order valence-corrected chi connectivity index (χ3v) is 4.93. The third-order valence-electron chi connectivity index (χ3n) is 4.93. The van der Waals surface area contributed by atoms with Crippen LogP contribution >= 0.6 is 0 Å². The van der Waals surface area contributed by atoms with Gasteiger partial charge in [0.05, 0.1) is 35.0 Å². The number of benzene rings is 1. The Morgan fingerprint density at radius 2 is 2.04 bits per heavy atom. The predicted octanol–water partition coefficient (Wildman–Crippen LogP) is 3.46. The Labute approximate surface area is 157 Å². The molecule has 3 N–H and O–H groups in total. The lowest BCUT2D eigenvalue weighted by atomic mass is 9.92. The van der Waals surface area contributed by atoms with E-state index in [4.69, 9.17) is 4.99 Å². The maximum absolute atomic E-state index is 10.6. The lowest BCUT2D eigenvalue weighted by Gasteiger charge is -2.20. The number of hydrogen-bond donors (Lipinski definition) is 3. The summed E-state index contributed by atoms with van der Waals surface area (Å²) in [6, 6.07) is 5.98. The molecule has 7 heteroatoms. The van der Waals surface area contributed by atoms with Gasteiger partial charge in [-0.05, 0) is 63.6 Å². The molecule has 1 unspecified atom stereocenters. The van der Waals surface area contributed by atoms with Crippen LogP contribution in [0.5, 0.6) is 0 Å².